The first-order valence-corrected chi connectivity index (χ1v) is 10.5. The largest absolute Gasteiger partial charge is 0.370 e. The molecular formula is C24H30N6O. The minimum Gasteiger partial charge on any atom is -0.370 e. The van der Waals surface area contributed by atoms with Gasteiger partial charge in [0.15, 0.2) is 5.96 Å². The minimum atomic E-state index is -0.168. The number of benzene rings is 2. The number of aromatic nitrogens is 2. The lowest BCUT2D eigenvalue weighted by molar-refractivity contribution is 0.0947. The Morgan fingerprint density at radius 2 is 1.52 bits per heavy atom. The number of rotatable bonds is 9. The van der Waals surface area contributed by atoms with E-state index in [1.807, 2.05) is 54.9 Å². The van der Waals surface area contributed by atoms with Gasteiger partial charge in [0.25, 0.3) is 5.91 Å². The molecule has 0 radical (unpaired) electrons. The molecule has 3 aromatic rings. The summed E-state index contributed by atoms with van der Waals surface area (Å²) in [6.07, 6.45) is 1.61. The number of unbranched alkanes of at least 4 members (excludes halogenated alkanes) is 1. The van der Waals surface area contributed by atoms with Gasteiger partial charge in [-0.05, 0) is 30.9 Å². The SMILES string of the molecule is Cc1c(C(=O)NCCCCNC(=N)N)nc(C(c2ccccc2)c2ccccc2)n1C. The standard InChI is InChI=1S/C24H30N6O/c1-17-21(23(31)27-15-9-10-16-28-24(25)26)29-22(30(17)2)20(18-11-5-3-6-12-18)19-13-7-4-8-14-19/h3-8,11-14,20H,9-10,15-16H2,1-2H3,(H,27,31)(H4,25,26,28). The molecule has 0 spiro atoms. The molecule has 0 saturated heterocycles. The first-order chi connectivity index (χ1) is 15.0. The number of carbonyl (C=O) groups is 1. The molecule has 1 heterocycles. The van der Waals surface area contributed by atoms with Crippen molar-refractivity contribution in [1.82, 2.24) is 20.2 Å². The van der Waals surface area contributed by atoms with Crippen LogP contribution in [0.15, 0.2) is 60.7 Å². The van der Waals surface area contributed by atoms with E-state index in [0.29, 0.717) is 18.8 Å². The van der Waals surface area contributed by atoms with Crippen LogP contribution in [0.1, 0.15) is 51.9 Å². The van der Waals surface area contributed by atoms with Gasteiger partial charge in [0, 0.05) is 25.8 Å². The van der Waals surface area contributed by atoms with Gasteiger partial charge in [-0.25, -0.2) is 4.98 Å². The van der Waals surface area contributed by atoms with E-state index in [4.69, 9.17) is 16.1 Å². The Labute approximate surface area is 183 Å². The van der Waals surface area contributed by atoms with Crippen molar-refractivity contribution in [2.24, 2.45) is 12.8 Å². The van der Waals surface area contributed by atoms with Crippen LogP contribution in [0.25, 0.3) is 0 Å². The van der Waals surface area contributed by atoms with E-state index in [1.165, 1.54) is 0 Å². The van der Waals surface area contributed by atoms with Crippen LogP contribution in [-0.2, 0) is 7.05 Å². The minimum absolute atomic E-state index is 0.0351. The van der Waals surface area contributed by atoms with Gasteiger partial charge in [-0.15, -0.1) is 0 Å². The molecule has 3 rings (SSSR count). The average Bonchev–Trinajstić information content (AvgIpc) is 3.07. The number of nitrogens with zero attached hydrogens (tertiary/aromatic N) is 2. The Balaban J connectivity index is 1.79. The first-order valence-electron chi connectivity index (χ1n) is 10.5. The maximum absolute atomic E-state index is 12.8. The van der Waals surface area contributed by atoms with Gasteiger partial charge in [-0.3, -0.25) is 10.2 Å². The molecule has 31 heavy (non-hydrogen) atoms. The summed E-state index contributed by atoms with van der Waals surface area (Å²) in [5, 5.41) is 12.9. The van der Waals surface area contributed by atoms with E-state index in [9.17, 15) is 4.79 Å². The molecule has 1 amide bonds. The van der Waals surface area contributed by atoms with E-state index in [0.717, 1.165) is 35.5 Å². The highest BCUT2D eigenvalue weighted by Crippen LogP contribution is 2.32. The fourth-order valence-electron chi connectivity index (χ4n) is 3.61. The maximum atomic E-state index is 12.8. The van der Waals surface area contributed by atoms with E-state index in [1.54, 1.807) is 0 Å². The molecule has 0 saturated carbocycles. The lowest BCUT2D eigenvalue weighted by atomic mass is 9.90. The maximum Gasteiger partial charge on any atom is 0.271 e. The zero-order chi connectivity index (χ0) is 22.2. The third-order valence-electron chi connectivity index (χ3n) is 5.36. The molecule has 5 N–H and O–H groups in total. The number of hydrogen-bond acceptors (Lipinski definition) is 3. The van der Waals surface area contributed by atoms with Crippen LogP contribution in [0.3, 0.4) is 0 Å². The van der Waals surface area contributed by atoms with E-state index in [-0.39, 0.29) is 17.8 Å². The van der Waals surface area contributed by atoms with Gasteiger partial charge in [-0.1, -0.05) is 60.7 Å². The quantitative estimate of drug-likeness (QED) is 0.243. The van der Waals surface area contributed by atoms with Crippen LogP contribution in [0.4, 0.5) is 0 Å². The summed E-state index contributed by atoms with van der Waals surface area (Å²) in [5.41, 5.74) is 8.82. The lowest BCUT2D eigenvalue weighted by Crippen LogP contribution is -2.31. The van der Waals surface area contributed by atoms with Crippen LogP contribution in [-0.4, -0.2) is 34.5 Å². The van der Waals surface area contributed by atoms with E-state index < -0.39 is 0 Å². The molecular weight excluding hydrogens is 388 g/mol. The Hall–Kier alpha value is -3.61. The highest BCUT2D eigenvalue weighted by Gasteiger charge is 2.25. The van der Waals surface area contributed by atoms with Gasteiger partial charge in [0.2, 0.25) is 0 Å². The summed E-state index contributed by atoms with van der Waals surface area (Å²) in [6.45, 7) is 3.09. The summed E-state index contributed by atoms with van der Waals surface area (Å²) in [4.78, 5) is 17.6. The van der Waals surface area contributed by atoms with Crippen molar-refractivity contribution < 1.29 is 4.79 Å². The molecule has 0 aliphatic carbocycles. The molecule has 7 nitrogen and oxygen atoms in total. The third kappa shape index (κ3) is 5.51. The normalized spacial score (nSPS) is 10.8. The van der Waals surface area contributed by atoms with Crippen LogP contribution >= 0.6 is 0 Å². The smallest absolute Gasteiger partial charge is 0.271 e. The zero-order valence-corrected chi connectivity index (χ0v) is 18.1. The van der Waals surface area contributed by atoms with Crippen LogP contribution < -0.4 is 16.4 Å². The van der Waals surface area contributed by atoms with Crippen molar-refractivity contribution in [3.8, 4) is 0 Å². The average molecular weight is 419 g/mol. The van der Waals surface area contributed by atoms with Crippen molar-refractivity contribution in [2.75, 3.05) is 13.1 Å². The van der Waals surface area contributed by atoms with Gasteiger partial charge in [0.1, 0.15) is 11.5 Å². The van der Waals surface area contributed by atoms with E-state index >= 15 is 0 Å². The fraction of sp³-hybridized carbons (Fsp3) is 0.292. The second kappa shape index (κ2) is 10.4. The molecule has 1 aromatic heterocycles. The predicted octanol–water partition coefficient (Wildman–Crippen LogP) is 2.90. The summed E-state index contributed by atoms with van der Waals surface area (Å²) in [6, 6.07) is 20.5. The van der Waals surface area contributed by atoms with Crippen LogP contribution in [0.5, 0.6) is 0 Å². The number of nitrogens with one attached hydrogen (secondary N) is 3. The zero-order valence-electron chi connectivity index (χ0n) is 18.1. The monoisotopic (exact) mass is 418 g/mol. The molecule has 0 fully saturated rings. The topological polar surface area (TPSA) is 109 Å². The van der Waals surface area contributed by atoms with Crippen LogP contribution in [0.2, 0.25) is 0 Å². The number of amides is 1. The van der Waals surface area contributed by atoms with Crippen molar-refractivity contribution in [1.29, 1.82) is 5.41 Å². The number of carbonyl (C=O) groups excluding carboxylic acids is 1. The Morgan fingerprint density at radius 3 is 2.03 bits per heavy atom. The van der Waals surface area contributed by atoms with Crippen molar-refractivity contribution in [3.63, 3.8) is 0 Å². The number of nitrogens with two attached hydrogens (primary N) is 1. The molecule has 2 aromatic carbocycles. The number of imidazole rings is 1. The Kier molecular flexibility index (Phi) is 7.43. The second-order valence-electron chi connectivity index (χ2n) is 7.52. The summed E-state index contributed by atoms with van der Waals surface area (Å²) in [7, 11) is 1.96. The number of hydrogen-bond donors (Lipinski definition) is 4. The molecule has 0 bridgehead atoms. The van der Waals surface area contributed by atoms with Crippen molar-refractivity contribution >= 4 is 11.9 Å². The second-order valence-corrected chi connectivity index (χ2v) is 7.52. The molecule has 0 unspecified atom stereocenters. The van der Waals surface area contributed by atoms with Crippen molar-refractivity contribution in [3.05, 3.63) is 89.0 Å². The van der Waals surface area contributed by atoms with Gasteiger partial charge < -0.3 is 20.9 Å². The highest BCUT2D eigenvalue weighted by molar-refractivity contribution is 5.93. The van der Waals surface area contributed by atoms with Crippen molar-refractivity contribution in [2.45, 2.75) is 25.7 Å². The fourth-order valence-corrected chi connectivity index (χ4v) is 3.61. The summed E-state index contributed by atoms with van der Waals surface area (Å²) >= 11 is 0. The Morgan fingerprint density at radius 1 is 1.00 bits per heavy atom. The molecule has 0 aliphatic heterocycles. The van der Waals surface area contributed by atoms with Crippen LogP contribution in [0, 0.1) is 12.3 Å². The van der Waals surface area contributed by atoms with E-state index in [2.05, 4.69) is 34.9 Å². The summed E-state index contributed by atoms with van der Waals surface area (Å²) < 4.78 is 2.01. The number of guanidine groups is 1. The summed E-state index contributed by atoms with van der Waals surface area (Å²) in [5.74, 6) is 0.571. The Bertz CT molecular complexity index is 974. The first kappa shape index (κ1) is 22.1. The highest BCUT2D eigenvalue weighted by atomic mass is 16.1. The third-order valence-corrected chi connectivity index (χ3v) is 5.36. The van der Waals surface area contributed by atoms with Gasteiger partial charge in [-0.2, -0.15) is 0 Å². The molecule has 0 atom stereocenters. The van der Waals surface area contributed by atoms with Gasteiger partial charge in [0.05, 0.1) is 5.92 Å². The lowest BCUT2D eigenvalue weighted by Gasteiger charge is -2.18. The molecule has 7 heteroatoms. The molecule has 162 valence electrons. The predicted molar refractivity (Wildman–Crippen MR) is 123 cm³/mol. The molecule has 0 aliphatic rings. The van der Waals surface area contributed by atoms with Gasteiger partial charge >= 0.3 is 0 Å².